The van der Waals surface area contributed by atoms with Crippen molar-refractivity contribution in [3.05, 3.63) is 24.3 Å². The Morgan fingerprint density at radius 2 is 2.13 bits per heavy atom. The lowest BCUT2D eigenvalue weighted by Crippen LogP contribution is -2.29. The largest absolute Gasteiger partial charge is 0.491 e. The molecule has 0 saturated heterocycles. The van der Waals surface area contributed by atoms with Gasteiger partial charge in [-0.25, -0.2) is 0 Å². The summed E-state index contributed by atoms with van der Waals surface area (Å²) in [6.45, 7) is 4.11. The Bertz CT molecular complexity index is 302. The Kier molecular flexibility index (Phi) is 4.65. The van der Waals surface area contributed by atoms with Crippen molar-refractivity contribution in [2.45, 2.75) is 32.8 Å². The summed E-state index contributed by atoms with van der Waals surface area (Å²) in [5, 5.41) is 18.0. The molecule has 1 aromatic rings. The van der Waals surface area contributed by atoms with Gasteiger partial charge in [-0.2, -0.15) is 0 Å². The third-order valence-corrected chi connectivity index (χ3v) is 2.19. The molecule has 0 aromatic heterocycles. The molecular weight excluding hydrogens is 191 g/mol. The van der Waals surface area contributed by atoms with E-state index in [0.717, 1.165) is 12.8 Å². The van der Waals surface area contributed by atoms with E-state index in [4.69, 9.17) is 14.8 Å². The molecule has 0 heterocycles. The van der Waals surface area contributed by atoms with Gasteiger partial charge in [-0.15, -0.1) is 0 Å². The molecule has 0 amide bonds. The minimum absolute atomic E-state index is 0.154. The highest BCUT2D eigenvalue weighted by Crippen LogP contribution is 2.12. The van der Waals surface area contributed by atoms with E-state index in [1.807, 2.05) is 13.0 Å². The molecule has 4 heteroatoms. The van der Waals surface area contributed by atoms with Crippen molar-refractivity contribution >= 4 is 12.6 Å². The summed E-state index contributed by atoms with van der Waals surface area (Å²) in [7, 11) is -1.44. The molecule has 1 atom stereocenters. The first-order valence-electron chi connectivity index (χ1n) is 5.26. The van der Waals surface area contributed by atoms with Crippen LogP contribution in [0.3, 0.4) is 0 Å². The zero-order chi connectivity index (χ0) is 11.3. The fourth-order valence-electron chi connectivity index (χ4n) is 1.45. The number of benzene rings is 1. The van der Waals surface area contributed by atoms with Crippen LogP contribution in [0.25, 0.3) is 0 Å². The first kappa shape index (κ1) is 12.1. The van der Waals surface area contributed by atoms with Gasteiger partial charge >= 0.3 is 7.12 Å². The normalized spacial score (nSPS) is 12.3. The van der Waals surface area contributed by atoms with Gasteiger partial charge in [0.2, 0.25) is 0 Å². The second kappa shape index (κ2) is 5.78. The molecule has 15 heavy (non-hydrogen) atoms. The smallest absolute Gasteiger partial charge is 0.488 e. The molecule has 0 aliphatic rings. The number of hydrogen-bond acceptors (Lipinski definition) is 3. The van der Waals surface area contributed by atoms with Crippen LogP contribution in [0.5, 0.6) is 5.75 Å². The molecule has 0 fully saturated rings. The van der Waals surface area contributed by atoms with Gasteiger partial charge in [0.05, 0.1) is 6.10 Å². The summed E-state index contributed by atoms with van der Waals surface area (Å²) in [5.41, 5.74) is 0.455. The lowest BCUT2D eigenvalue weighted by molar-refractivity contribution is 0.210. The molecule has 0 radical (unpaired) electrons. The molecule has 0 saturated carbocycles. The minimum Gasteiger partial charge on any atom is -0.491 e. The first-order chi connectivity index (χ1) is 7.13. The zero-order valence-electron chi connectivity index (χ0n) is 9.18. The summed E-state index contributed by atoms with van der Waals surface area (Å²) >= 11 is 0. The summed E-state index contributed by atoms with van der Waals surface area (Å²) in [6, 6.07) is 6.87. The molecule has 3 nitrogen and oxygen atoms in total. The fraction of sp³-hybridized carbons (Fsp3) is 0.455. The maximum absolute atomic E-state index is 8.99. The predicted octanol–water partition coefficient (Wildman–Crippen LogP) is 0.934. The van der Waals surface area contributed by atoms with Crippen molar-refractivity contribution in [2.75, 3.05) is 0 Å². The molecule has 0 aliphatic carbocycles. The molecule has 1 unspecified atom stereocenters. The van der Waals surface area contributed by atoms with Crippen LogP contribution in [0.15, 0.2) is 24.3 Å². The SMILES string of the molecule is CCCC(C)Oc1cccc(B(O)O)c1. The van der Waals surface area contributed by atoms with E-state index in [-0.39, 0.29) is 6.10 Å². The van der Waals surface area contributed by atoms with Crippen molar-refractivity contribution in [1.82, 2.24) is 0 Å². The van der Waals surface area contributed by atoms with E-state index >= 15 is 0 Å². The summed E-state index contributed by atoms with van der Waals surface area (Å²) in [5.74, 6) is 0.682. The van der Waals surface area contributed by atoms with Crippen LogP contribution in [0.2, 0.25) is 0 Å². The van der Waals surface area contributed by atoms with Gasteiger partial charge < -0.3 is 14.8 Å². The lowest BCUT2D eigenvalue weighted by atomic mass is 9.80. The summed E-state index contributed by atoms with van der Waals surface area (Å²) in [4.78, 5) is 0. The van der Waals surface area contributed by atoms with Gasteiger partial charge in [0, 0.05) is 0 Å². The number of ether oxygens (including phenoxy) is 1. The highest BCUT2D eigenvalue weighted by molar-refractivity contribution is 6.58. The standard InChI is InChI=1S/C11H17BO3/c1-3-5-9(2)15-11-7-4-6-10(8-11)12(13)14/h4,6-9,13-14H,3,5H2,1-2H3. The topological polar surface area (TPSA) is 49.7 Å². The van der Waals surface area contributed by atoms with Crippen molar-refractivity contribution in [2.24, 2.45) is 0 Å². The van der Waals surface area contributed by atoms with Crippen LogP contribution < -0.4 is 10.2 Å². The van der Waals surface area contributed by atoms with Crippen molar-refractivity contribution in [1.29, 1.82) is 0 Å². The van der Waals surface area contributed by atoms with E-state index in [2.05, 4.69) is 6.92 Å². The van der Waals surface area contributed by atoms with Crippen LogP contribution in [0.4, 0.5) is 0 Å². The fourth-order valence-corrected chi connectivity index (χ4v) is 1.45. The van der Waals surface area contributed by atoms with E-state index in [1.165, 1.54) is 0 Å². The summed E-state index contributed by atoms with van der Waals surface area (Å²) < 4.78 is 5.62. The Morgan fingerprint density at radius 3 is 2.73 bits per heavy atom. The first-order valence-corrected chi connectivity index (χ1v) is 5.26. The minimum atomic E-state index is -1.44. The Morgan fingerprint density at radius 1 is 1.40 bits per heavy atom. The molecular formula is C11H17BO3. The molecule has 1 rings (SSSR count). The average molecular weight is 208 g/mol. The lowest BCUT2D eigenvalue weighted by Gasteiger charge is -2.14. The average Bonchev–Trinajstić information content (AvgIpc) is 2.18. The van der Waals surface area contributed by atoms with Crippen molar-refractivity contribution in [3.63, 3.8) is 0 Å². The second-order valence-electron chi connectivity index (χ2n) is 3.66. The van der Waals surface area contributed by atoms with E-state index < -0.39 is 7.12 Å². The van der Waals surface area contributed by atoms with Gasteiger partial charge in [-0.05, 0) is 30.9 Å². The molecule has 82 valence electrons. The maximum Gasteiger partial charge on any atom is 0.488 e. The predicted molar refractivity (Wildman–Crippen MR) is 61.3 cm³/mol. The summed E-state index contributed by atoms with van der Waals surface area (Å²) in [6.07, 6.45) is 2.22. The van der Waals surface area contributed by atoms with Crippen molar-refractivity contribution in [3.8, 4) is 5.75 Å². The van der Waals surface area contributed by atoms with Gasteiger partial charge in [-0.3, -0.25) is 0 Å². The third-order valence-electron chi connectivity index (χ3n) is 2.19. The zero-order valence-corrected chi connectivity index (χ0v) is 9.18. The Labute approximate surface area is 90.9 Å². The van der Waals surface area contributed by atoms with Gasteiger partial charge in [0.1, 0.15) is 5.75 Å². The van der Waals surface area contributed by atoms with Crippen LogP contribution in [0, 0.1) is 0 Å². The van der Waals surface area contributed by atoms with Crippen molar-refractivity contribution < 1.29 is 14.8 Å². The third kappa shape index (κ3) is 3.94. The monoisotopic (exact) mass is 208 g/mol. The maximum atomic E-state index is 8.99. The van der Waals surface area contributed by atoms with E-state index in [0.29, 0.717) is 11.2 Å². The van der Waals surface area contributed by atoms with E-state index in [9.17, 15) is 0 Å². The van der Waals surface area contributed by atoms with E-state index in [1.54, 1.807) is 18.2 Å². The Hall–Kier alpha value is -0.995. The van der Waals surface area contributed by atoms with Crippen LogP contribution >= 0.6 is 0 Å². The molecule has 0 aliphatic heterocycles. The quantitative estimate of drug-likeness (QED) is 0.707. The molecule has 1 aromatic carbocycles. The van der Waals surface area contributed by atoms with Gasteiger partial charge in [0.25, 0.3) is 0 Å². The van der Waals surface area contributed by atoms with Gasteiger partial charge in [-0.1, -0.05) is 25.5 Å². The van der Waals surface area contributed by atoms with Crippen LogP contribution in [-0.4, -0.2) is 23.3 Å². The van der Waals surface area contributed by atoms with Crippen LogP contribution in [0.1, 0.15) is 26.7 Å². The van der Waals surface area contributed by atoms with Crippen LogP contribution in [-0.2, 0) is 0 Å². The molecule has 0 spiro atoms. The molecule has 0 bridgehead atoms. The Balaban J connectivity index is 2.65. The highest BCUT2D eigenvalue weighted by Gasteiger charge is 2.11. The second-order valence-corrected chi connectivity index (χ2v) is 3.66. The number of rotatable bonds is 5. The molecule has 2 N–H and O–H groups in total. The van der Waals surface area contributed by atoms with Gasteiger partial charge in [0.15, 0.2) is 0 Å². The number of hydrogen-bond donors (Lipinski definition) is 2. The highest BCUT2D eigenvalue weighted by atomic mass is 16.5.